The van der Waals surface area contributed by atoms with Crippen molar-refractivity contribution in [2.75, 3.05) is 7.11 Å². The number of hydrogen-bond donors (Lipinski definition) is 0. The number of rotatable bonds is 3. The van der Waals surface area contributed by atoms with Crippen LogP contribution < -0.4 is 0 Å². The Morgan fingerprint density at radius 3 is 2.76 bits per heavy atom. The summed E-state index contributed by atoms with van der Waals surface area (Å²) in [5, 5.41) is 2.57. The predicted molar refractivity (Wildman–Crippen MR) is 63.2 cm³/mol. The average Bonchev–Trinajstić information content (AvgIpc) is 2.78. The summed E-state index contributed by atoms with van der Waals surface area (Å²) in [5.41, 5.74) is 1.51. The smallest absolute Gasteiger partial charge is 0.311 e. The van der Waals surface area contributed by atoms with Crippen LogP contribution in [0.25, 0.3) is 10.6 Å². The summed E-state index contributed by atoms with van der Waals surface area (Å²) in [4.78, 5) is 15.4. The fourth-order valence-corrected chi connectivity index (χ4v) is 2.16. The molecule has 3 nitrogen and oxygen atoms in total. The Bertz CT molecular complexity index is 522. The van der Waals surface area contributed by atoms with Gasteiger partial charge in [0.25, 0.3) is 0 Å². The van der Waals surface area contributed by atoms with Crippen molar-refractivity contribution < 1.29 is 13.9 Å². The molecule has 88 valence electrons. The predicted octanol–water partition coefficient (Wildman–Crippen LogP) is 2.66. The summed E-state index contributed by atoms with van der Waals surface area (Å²) in [7, 11) is 1.34. The third-order valence-corrected chi connectivity index (χ3v) is 3.14. The first-order valence-corrected chi connectivity index (χ1v) is 5.84. The first-order valence-electron chi connectivity index (χ1n) is 4.96. The van der Waals surface area contributed by atoms with Crippen molar-refractivity contribution >= 4 is 17.3 Å². The van der Waals surface area contributed by atoms with Crippen LogP contribution in [0.2, 0.25) is 0 Å². The van der Waals surface area contributed by atoms with Gasteiger partial charge in [0.05, 0.1) is 19.2 Å². The van der Waals surface area contributed by atoms with Crippen LogP contribution in [0.1, 0.15) is 5.69 Å². The molecule has 0 fully saturated rings. The van der Waals surface area contributed by atoms with Crippen LogP contribution in [-0.4, -0.2) is 18.1 Å². The monoisotopic (exact) mass is 251 g/mol. The summed E-state index contributed by atoms with van der Waals surface area (Å²) in [6.07, 6.45) is 0.161. The molecule has 2 aromatic rings. The van der Waals surface area contributed by atoms with E-state index in [2.05, 4.69) is 9.72 Å². The van der Waals surface area contributed by atoms with Crippen LogP contribution in [0, 0.1) is 5.82 Å². The van der Waals surface area contributed by atoms with E-state index in [0.717, 1.165) is 10.6 Å². The van der Waals surface area contributed by atoms with Gasteiger partial charge < -0.3 is 4.74 Å². The standard InChI is InChI=1S/C12H10FNO2S/c1-16-11(15)6-10-7-17-12(14-10)8-2-4-9(13)5-3-8/h2-5,7H,6H2,1H3. The summed E-state index contributed by atoms with van der Waals surface area (Å²) in [6.45, 7) is 0. The van der Waals surface area contributed by atoms with Gasteiger partial charge in [-0.25, -0.2) is 9.37 Å². The molecule has 0 spiro atoms. The number of esters is 1. The fourth-order valence-electron chi connectivity index (χ4n) is 1.33. The van der Waals surface area contributed by atoms with Gasteiger partial charge in [-0.15, -0.1) is 11.3 Å². The van der Waals surface area contributed by atoms with Crippen molar-refractivity contribution in [2.45, 2.75) is 6.42 Å². The molecule has 0 radical (unpaired) electrons. The van der Waals surface area contributed by atoms with E-state index in [1.807, 2.05) is 0 Å². The number of ether oxygens (including phenoxy) is 1. The number of benzene rings is 1. The molecule has 0 saturated heterocycles. The van der Waals surface area contributed by atoms with Gasteiger partial charge in [-0.3, -0.25) is 4.79 Å². The third-order valence-electron chi connectivity index (χ3n) is 2.20. The van der Waals surface area contributed by atoms with E-state index in [4.69, 9.17) is 0 Å². The van der Waals surface area contributed by atoms with E-state index in [1.165, 1.54) is 30.6 Å². The van der Waals surface area contributed by atoms with Crippen LogP contribution in [0.4, 0.5) is 4.39 Å². The van der Waals surface area contributed by atoms with Crippen LogP contribution in [0.15, 0.2) is 29.6 Å². The maximum absolute atomic E-state index is 12.7. The van der Waals surface area contributed by atoms with Crippen LogP contribution >= 0.6 is 11.3 Å². The Hall–Kier alpha value is -1.75. The molecule has 17 heavy (non-hydrogen) atoms. The van der Waals surface area contributed by atoms with Crippen LogP contribution in [0.5, 0.6) is 0 Å². The van der Waals surface area contributed by atoms with Crippen molar-refractivity contribution in [3.8, 4) is 10.6 Å². The van der Waals surface area contributed by atoms with Crippen molar-refractivity contribution in [2.24, 2.45) is 0 Å². The molecule has 0 aliphatic rings. The zero-order valence-corrected chi connectivity index (χ0v) is 9.96. The van der Waals surface area contributed by atoms with Gasteiger partial charge in [-0.1, -0.05) is 0 Å². The summed E-state index contributed by atoms with van der Waals surface area (Å²) in [6, 6.07) is 6.10. The first kappa shape index (κ1) is 11.7. The molecule has 1 aromatic heterocycles. The maximum Gasteiger partial charge on any atom is 0.311 e. The van der Waals surface area contributed by atoms with Gasteiger partial charge in [0.1, 0.15) is 10.8 Å². The zero-order valence-electron chi connectivity index (χ0n) is 9.14. The maximum atomic E-state index is 12.7. The molecule has 5 heteroatoms. The molecule has 0 aliphatic carbocycles. The van der Waals surface area contributed by atoms with Gasteiger partial charge in [-0.2, -0.15) is 0 Å². The van der Waals surface area contributed by atoms with E-state index in [-0.39, 0.29) is 18.2 Å². The molecule has 0 aliphatic heterocycles. The number of aromatic nitrogens is 1. The molecular formula is C12H10FNO2S. The second-order valence-electron chi connectivity index (χ2n) is 3.40. The van der Waals surface area contributed by atoms with E-state index in [9.17, 15) is 9.18 Å². The minimum absolute atomic E-state index is 0.161. The number of carbonyl (C=O) groups is 1. The van der Waals surface area contributed by atoms with E-state index < -0.39 is 0 Å². The Morgan fingerprint density at radius 1 is 1.41 bits per heavy atom. The lowest BCUT2D eigenvalue weighted by Gasteiger charge is -1.96. The Kier molecular flexibility index (Phi) is 3.49. The van der Waals surface area contributed by atoms with Gasteiger partial charge in [0.2, 0.25) is 0 Å². The van der Waals surface area contributed by atoms with Gasteiger partial charge in [0, 0.05) is 10.9 Å². The van der Waals surface area contributed by atoms with Gasteiger partial charge in [-0.05, 0) is 24.3 Å². The second kappa shape index (κ2) is 5.05. The first-order chi connectivity index (χ1) is 8.19. The van der Waals surface area contributed by atoms with Crippen molar-refractivity contribution in [3.63, 3.8) is 0 Å². The number of thiazole rings is 1. The molecule has 0 bridgehead atoms. The summed E-state index contributed by atoms with van der Waals surface area (Å²) in [5.74, 6) is -0.596. The lowest BCUT2D eigenvalue weighted by Crippen LogP contribution is -2.04. The molecule has 1 aromatic carbocycles. The Balaban J connectivity index is 2.18. The number of nitrogens with zero attached hydrogens (tertiary/aromatic N) is 1. The molecule has 1 heterocycles. The second-order valence-corrected chi connectivity index (χ2v) is 4.26. The fraction of sp³-hybridized carbons (Fsp3) is 0.167. The highest BCUT2D eigenvalue weighted by atomic mass is 32.1. The largest absolute Gasteiger partial charge is 0.469 e. The van der Waals surface area contributed by atoms with Gasteiger partial charge >= 0.3 is 5.97 Å². The normalized spacial score (nSPS) is 10.2. The molecule has 0 N–H and O–H groups in total. The van der Waals surface area contributed by atoms with Crippen LogP contribution in [-0.2, 0) is 16.0 Å². The van der Waals surface area contributed by atoms with Crippen molar-refractivity contribution in [1.82, 2.24) is 4.98 Å². The van der Waals surface area contributed by atoms with Crippen molar-refractivity contribution in [1.29, 1.82) is 0 Å². The summed E-state index contributed by atoms with van der Waals surface area (Å²) < 4.78 is 17.3. The van der Waals surface area contributed by atoms with Crippen molar-refractivity contribution in [3.05, 3.63) is 41.2 Å². The number of hydrogen-bond acceptors (Lipinski definition) is 4. The molecule has 2 rings (SSSR count). The lowest BCUT2D eigenvalue weighted by molar-refractivity contribution is -0.139. The van der Waals surface area contributed by atoms with E-state index in [1.54, 1.807) is 17.5 Å². The van der Waals surface area contributed by atoms with E-state index >= 15 is 0 Å². The quantitative estimate of drug-likeness (QED) is 0.787. The SMILES string of the molecule is COC(=O)Cc1csc(-c2ccc(F)cc2)n1. The topological polar surface area (TPSA) is 39.2 Å². The molecule has 0 unspecified atom stereocenters. The molecule has 0 atom stereocenters. The lowest BCUT2D eigenvalue weighted by atomic mass is 10.2. The van der Waals surface area contributed by atoms with Crippen LogP contribution in [0.3, 0.4) is 0 Å². The Morgan fingerprint density at radius 2 is 2.12 bits per heavy atom. The Labute approximate surface area is 102 Å². The molecular weight excluding hydrogens is 241 g/mol. The number of carbonyl (C=O) groups excluding carboxylic acids is 1. The highest BCUT2D eigenvalue weighted by Gasteiger charge is 2.08. The zero-order chi connectivity index (χ0) is 12.3. The summed E-state index contributed by atoms with van der Waals surface area (Å²) >= 11 is 1.42. The highest BCUT2D eigenvalue weighted by Crippen LogP contribution is 2.24. The van der Waals surface area contributed by atoms with E-state index in [0.29, 0.717) is 5.69 Å². The highest BCUT2D eigenvalue weighted by molar-refractivity contribution is 7.13. The minimum Gasteiger partial charge on any atom is -0.469 e. The van der Waals surface area contributed by atoms with Gasteiger partial charge in [0.15, 0.2) is 0 Å². The minimum atomic E-state index is -0.319. The average molecular weight is 251 g/mol. The molecule has 0 saturated carbocycles. The number of halogens is 1. The number of methoxy groups -OCH3 is 1. The molecule has 0 amide bonds. The third kappa shape index (κ3) is 2.88.